The van der Waals surface area contributed by atoms with Crippen LogP contribution in [-0.2, 0) is 11.3 Å². The Hall–Kier alpha value is -4.16. The van der Waals surface area contributed by atoms with Crippen LogP contribution in [0.2, 0.25) is 0 Å². The first-order valence-corrected chi connectivity index (χ1v) is 10.2. The van der Waals surface area contributed by atoms with Crippen molar-refractivity contribution >= 4 is 33.6 Å². The molecule has 4 rings (SSSR count). The number of halogens is 1. The van der Waals surface area contributed by atoms with Crippen molar-refractivity contribution in [3.8, 4) is 17.7 Å². The van der Waals surface area contributed by atoms with Crippen molar-refractivity contribution in [1.82, 2.24) is 14.7 Å². The number of amides is 1. The molecule has 1 aromatic carbocycles. The maximum absolute atomic E-state index is 13.1. The number of hydrogen-bond donors (Lipinski definition) is 1. The van der Waals surface area contributed by atoms with Crippen LogP contribution in [0.1, 0.15) is 11.3 Å². The van der Waals surface area contributed by atoms with Gasteiger partial charge < -0.3 is 14.5 Å². The Labute approximate surface area is 190 Å². The molecule has 3 aromatic heterocycles. The summed E-state index contributed by atoms with van der Waals surface area (Å²) in [6.07, 6.45) is 4.21. The minimum absolute atomic E-state index is 0.0184. The number of pyridine rings is 1. The molecule has 3 heterocycles. The summed E-state index contributed by atoms with van der Waals surface area (Å²) in [5.74, 6) is 0.296. The molecule has 0 aliphatic carbocycles. The van der Waals surface area contributed by atoms with E-state index in [0.29, 0.717) is 17.2 Å². The molecule has 0 radical (unpaired) electrons. The zero-order chi connectivity index (χ0) is 22.5. The molecule has 9 heteroatoms. The normalized spacial score (nSPS) is 11.2. The van der Waals surface area contributed by atoms with Gasteiger partial charge in [0.25, 0.3) is 11.5 Å². The number of hydrogen-bond acceptors (Lipinski definition) is 6. The lowest BCUT2D eigenvalue weighted by Crippen LogP contribution is -2.24. The van der Waals surface area contributed by atoms with Gasteiger partial charge in [0.2, 0.25) is 5.88 Å². The van der Waals surface area contributed by atoms with Crippen molar-refractivity contribution in [3.63, 3.8) is 0 Å². The highest BCUT2D eigenvalue weighted by molar-refractivity contribution is 9.10. The topological polar surface area (TPSA) is 110 Å². The van der Waals surface area contributed by atoms with Gasteiger partial charge >= 0.3 is 0 Å². The Morgan fingerprint density at radius 2 is 2.03 bits per heavy atom. The van der Waals surface area contributed by atoms with Crippen LogP contribution >= 0.6 is 15.9 Å². The van der Waals surface area contributed by atoms with Gasteiger partial charge in [0, 0.05) is 10.7 Å². The first-order chi connectivity index (χ1) is 15.5. The fourth-order valence-corrected chi connectivity index (χ4v) is 3.13. The van der Waals surface area contributed by atoms with Gasteiger partial charge in [-0.15, -0.1) is 0 Å². The first-order valence-electron chi connectivity index (χ1n) is 9.42. The number of rotatable bonds is 6. The average Bonchev–Trinajstić information content (AvgIpc) is 3.33. The summed E-state index contributed by atoms with van der Waals surface area (Å²) < 4.78 is 13.2. The second-order valence-corrected chi connectivity index (χ2v) is 7.47. The number of carbonyl (C=O) groups is 1. The van der Waals surface area contributed by atoms with Gasteiger partial charge in [-0.05, 0) is 54.6 Å². The molecular formula is C23H15BrN4O4. The lowest BCUT2D eigenvalue weighted by molar-refractivity contribution is -0.117. The van der Waals surface area contributed by atoms with Crippen molar-refractivity contribution in [2.24, 2.45) is 0 Å². The summed E-state index contributed by atoms with van der Waals surface area (Å²) in [7, 11) is 0. The number of benzene rings is 1. The molecule has 0 aliphatic rings. The van der Waals surface area contributed by atoms with E-state index in [1.165, 1.54) is 16.7 Å². The van der Waals surface area contributed by atoms with Gasteiger partial charge in [-0.25, -0.2) is 0 Å². The molecule has 4 aromatic rings. The summed E-state index contributed by atoms with van der Waals surface area (Å²) in [4.78, 5) is 30.1. The number of ether oxygens (including phenoxy) is 1. The van der Waals surface area contributed by atoms with E-state index in [4.69, 9.17) is 9.15 Å². The zero-order valence-corrected chi connectivity index (χ0v) is 18.1. The van der Waals surface area contributed by atoms with Gasteiger partial charge in [0.1, 0.15) is 34.4 Å². The lowest BCUT2D eigenvalue weighted by Gasteiger charge is -2.10. The number of nitriles is 1. The Morgan fingerprint density at radius 3 is 2.75 bits per heavy atom. The van der Waals surface area contributed by atoms with E-state index >= 15 is 0 Å². The van der Waals surface area contributed by atoms with Crippen molar-refractivity contribution in [3.05, 3.63) is 98.8 Å². The Bertz CT molecular complexity index is 1400. The van der Waals surface area contributed by atoms with Crippen LogP contribution in [0.3, 0.4) is 0 Å². The minimum atomic E-state index is -0.656. The van der Waals surface area contributed by atoms with Crippen LogP contribution in [0, 0.1) is 11.3 Å². The van der Waals surface area contributed by atoms with Crippen molar-refractivity contribution in [2.45, 2.75) is 6.54 Å². The van der Waals surface area contributed by atoms with Crippen LogP contribution in [0.4, 0.5) is 0 Å². The molecule has 0 atom stereocenters. The van der Waals surface area contributed by atoms with Crippen molar-refractivity contribution < 1.29 is 13.9 Å². The smallest absolute Gasteiger partial charge is 0.269 e. The van der Waals surface area contributed by atoms with Gasteiger partial charge in [-0.1, -0.05) is 22.0 Å². The standard InChI is InChI=1S/C23H15BrN4O4/c24-16-6-8-17(9-7-16)32-22-19(23(30)28-10-2-1-5-20(28)27-22)12-15(13-25)21(29)26-14-18-4-3-11-31-18/h1-12H,14H2,(H,26,29). The second kappa shape index (κ2) is 9.32. The molecule has 1 N–H and O–H groups in total. The van der Waals surface area contributed by atoms with E-state index in [-0.39, 0.29) is 23.6 Å². The highest BCUT2D eigenvalue weighted by Gasteiger charge is 2.17. The summed E-state index contributed by atoms with van der Waals surface area (Å²) >= 11 is 3.36. The summed E-state index contributed by atoms with van der Waals surface area (Å²) in [5, 5.41) is 12.1. The molecule has 8 nitrogen and oxygen atoms in total. The van der Waals surface area contributed by atoms with E-state index in [1.54, 1.807) is 60.8 Å². The highest BCUT2D eigenvalue weighted by atomic mass is 79.9. The minimum Gasteiger partial charge on any atom is -0.467 e. The van der Waals surface area contributed by atoms with Crippen LogP contribution < -0.4 is 15.6 Å². The van der Waals surface area contributed by atoms with E-state index in [2.05, 4.69) is 26.2 Å². The molecule has 32 heavy (non-hydrogen) atoms. The molecule has 0 fully saturated rings. The molecule has 0 bridgehead atoms. The molecule has 1 amide bonds. The number of fused-ring (bicyclic) bond motifs is 1. The average molecular weight is 491 g/mol. The van der Waals surface area contributed by atoms with E-state index in [1.807, 2.05) is 6.07 Å². The van der Waals surface area contributed by atoms with Crippen LogP contribution in [-0.4, -0.2) is 15.3 Å². The van der Waals surface area contributed by atoms with Crippen molar-refractivity contribution in [2.75, 3.05) is 0 Å². The quantitative estimate of drug-likeness (QED) is 0.322. The van der Waals surface area contributed by atoms with Crippen molar-refractivity contribution in [1.29, 1.82) is 5.26 Å². The van der Waals surface area contributed by atoms with Gasteiger partial charge in [-0.3, -0.25) is 14.0 Å². The molecule has 0 saturated carbocycles. The third kappa shape index (κ3) is 4.61. The third-order valence-corrected chi connectivity index (χ3v) is 4.95. The Kier molecular flexibility index (Phi) is 6.14. The number of carbonyl (C=O) groups excluding carboxylic acids is 1. The molecule has 0 unspecified atom stereocenters. The molecular weight excluding hydrogens is 476 g/mol. The summed E-state index contributed by atoms with van der Waals surface area (Å²) in [6.45, 7) is 0.0993. The Morgan fingerprint density at radius 1 is 1.22 bits per heavy atom. The SMILES string of the molecule is N#CC(=Cc1c(Oc2ccc(Br)cc2)nc2ccccn2c1=O)C(=O)NCc1ccco1. The largest absolute Gasteiger partial charge is 0.467 e. The van der Waals surface area contributed by atoms with Crippen LogP contribution in [0.5, 0.6) is 11.6 Å². The summed E-state index contributed by atoms with van der Waals surface area (Å²) in [6, 6.07) is 17.3. The Balaban J connectivity index is 1.75. The molecule has 158 valence electrons. The third-order valence-electron chi connectivity index (χ3n) is 4.42. The molecule has 0 aliphatic heterocycles. The second-order valence-electron chi connectivity index (χ2n) is 6.55. The van der Waals surface area contributed by atoms with Gasteiger partial charge in [0.05, 0.1) is 12.8 Å². The van der Waals surface area contributed by atoms with Crippen LogP contribution in [0.15, 0.2) is 86.3 Å². The predicted octanol–water partition coefficient (Wildman–Crippen LogP) is 4.07. The lowest BCUT2D eigenvalue weighted by atomic mass is 10.1. The van der Waals surface area contributed by atoms with E-state index in [0.717, 1.165) is 4.47 Å². The monoisotopic (exact) mass is 490 g/mol. The van der Waals surface area contributed by atoms with Gasteiger partial charge in [0.15, 0.2) is 0 Å². The number of nitrogens with zero attached hydrogens (tertiary/aromatic N) is 3. The highest BCUT2D eigenvalue weighted by Crippen LogP contribution is 2.25. The predicted molar refractivity (Wildman–Crippen MR) is 120 cm³/mol. The van der Waals surface area contributed by atoms with Gasteiger partial charge in [-0.2, -0.15) is 10.2 Å². The first kappa shape index (κ1) is 21.1. The molecule has 0 saturated heterocycles. The number of aromatic nitrogens is 2. The fraction of sp³-hybridized carbons (Fsp3) is 0.0435. The van der Waals surface area contributed by atoms with Crippen LogP contribution in [0.25, 0.3) is 11.7 Å². The maximum atomic E-state index is 13.1. The maximum Gasteiger partial charge on any atom is 0.269 e. The number of nitrogens with one attached hydrogen (secondary N) is 1. The zero-order valence-electron chi connectivity index (χ0n) is 16.5. The number of furan rings is 1. The van der Waals surface area contributed by atoms with E-state index in [9.17, 15) is 14.9 Å². The molecule has 0 spiro atoms. The summed E-state index contributed by atoms with van der Waals surface area (Å²) in [5.41, 5.74) is -0.412. The van der Waals surface area contributed by atoms with E-state index < -0.39 is 11.5 Å². The fourth-order valence-electron chi connectivity index (χ4n) is 2.87.